The van der Waals surface area contributed by atoms with Crippen LogP contribution in [0.25, 0.3) is 17.3 Å². The molecule has 1 aromatic carbocycles. The fraction of sp³-hybridized carbons (Fsp3) is 0.484. The van der Waals surface area contributed by atoms with E-state index in [2.05, 4.69) is 69.3 Å². The molecular formula is C31H40ClN7O2S. The largest absolute Gasteiger partial charge is 0.371 e. The molecule has 3 aliphatic rings. The maximum absolute atomic E-state index is 12.9. The molecule has 4 heterocycles. The normalized spacial score (nSPS) is 20.6. The number of nitrogens with one attached hydrogen (secondary N) is 1. The van der Waals surface area contributed by atoms with Crippen LogP contribution >= 0.6 is 11.6 Å². The maximum atomic E-state index is 12.9. The van der Waals surface area contributed by atoms with Gasteiger partial charge >= 0.3 is 0 Å². The third-order valence-corrected chi connectivity index (χ3v) is 10.8. The molecule has 2 aliphatic heterocycles. The number of benzene rings is 1. The number of likely N-dealkylation sites (N-methyl/N-ethyl adjacent to an activating group) is 1. The van der Waals surface area contributed by atoms with E-state index < -0.39 is 10.0 Å². The van der Waals surface area contributed by atoms with Crippen molar-refractivity contribution in [2.24, 2.45) is 5.92 Å². The van der Waals surface area contributed by atoms with E-state index in [0.717, 1.165) is 30.0 Å². The predicted molar refractivity (Wildman–Crippen MR) is 171 cm³/mol. The number of nitrogens with zero attached hydrogens (tertiary/aromatic N) is 6. The van der Waals surface area contributed by atoms with Gasteiger partial charge in [0.2, 0.25) is 16.0 Å². The molecular weight excluding hydrogens is 570 g/mol. The number of rotatable bonds is 7. The third kappa shape index (κ3) is 5.95. The summed E-state index contributed by atoms with van der Waals surface area (Å²) in [6.07, 6.45) is 10.3. The van der Waals surface area contributed by atoms with Crippen molar-refractivity contribution >= 4 is 45.0 Å². The topological polar surface area (TPSA) is 86.6 Å². The van der Waals surface area contributed by atoms with Gasteiger partial charge in [0, 0.05) is 79.7 Å². The first-order valence-corrected chi connectivity index (χ1v) is 16.9. The summed E-state index contributed by atoms with van der Waals surface area (Å²) in [5.74, 6) is 0.666. The Morgan fingerprint density at radius 2 is 1.76 bits per heavy atom. The maximum Gasteiger partial charge on any atom is 0.238 e. The lowest BCUT2D eigenvalue weighted by Crippen LogP contribution is -2.52. The SMILES string of the molecule is CCS(=O)(=O)n1cc(-c2nc(Nc3ccc(N4CCC(N5CCN(C)CC5)CC4)cc3)ncc2Cl)c2c1CC(C)C=C2. The summed E-state index contributed by atoms with van der Waals surface area (Å²) in [6, 6.07) is 9.09. The molecule has 1 atom stereocenters. The monoisotopic (exact) mass is 609 g/mol. The molecule has 6 rings (SSSR count). The Morgan fingerprint density at radius 1 is 1.05 bits per heavy atom. The minimum absolute atomic E-state index is 0.0141. The Bertz CT molecular complexity index is 1550. The number of piperidine rings is 1. The summed E-state index contributed by atoms with van der Waals surface area (Å²) in [5.41, 5.74) is 4.92. The molecule has 224 valence electrons. The van der Waals surface area contributed by atoms with E-state index in [0.29, 0.717) is 34.7 Å². The molecule has 2 aromatic heterocycles. The van der Waals surface area contributed by atoms with Crippen molar-refractivity contribution in [2.45, 2.75) is 39.2 Å². The lowest BCUT2D eigenvalue weighted by molar-refractivity contribution is 0.0982. The molecule has 1 N–H and O–H groups in total. The summed E-state index contributed by atoms with van der Waals surface area (Å²) < 4.78 is 27.2. The Morgan fingerprint density at radius 3 is 2.45 bits per heavy atom. The van der Waals surface area contributed by atoms with Crippen LogP contribution in [-0.4, -0.2) is 90.3 Å². The highest BCUT2D eigenvalue weighted by atomic mass is 35.5. The minimum atomic E-state index is -3.47. The molecule has 0 spiro atoms. The van der Waals surface area contributed by atoms with E-state index in [-0.39, 0.29) is 11.7 Å². The molecule has 2 fully saturated rings. The standard InChI is InChI=1S/C31H40ClN7O2S/c1-4-42(40,41)39-21-27(26-10-5-22(2)19-29(26)39)30-28(32)20-33-31(35-30)34-23-6-8-24(9-7-23)37-13-11-25(12-14-37)38-17-15-36(3)16-18-38/h5-10,20-22,25H,4,11-19H2,1-3H3,(H,33,34,35). The van der Waals surface area contributed by atoms with Crippen molar-refractivity contribution in [1.82, 2.24) is 23.7 Å². The van der Waals surface area contributed by atoms with Gasteiger partial charge in [0.1, 0.15) is 0 Å². The molecule has 1 unspecified atom stereocenters. The Labute approximate surface area is 254 Å². The van der Waals surface area contributed by atoms with Gasteiger partial charge in [0.15, 0.2) is 0 Å². The minimum Gasteiger partial charge on any atom is -0.371 e. The van der Waals surface area contributed by atoms with Crippen LogP contribution in [0.3, 0.4) is 0 Å². The summed E-state index contributed by atoms with van der Waals surface area (Å²) in [6.45, 7) is 10.6. The van der Waals surface area contributed by atoms with Gasteiger partial charge in [-0.3, -0.25) is 4.90 Å². The number of halogens is 1. The van der Waals surface area contributed by atoms with E-state index in [1.165, 1.54) is 48.7 Å². The molecule has 0 radical (unpaired) electrons. The molecule has 42 heavy (non-hydrogen) atoms. The Kier molecular flexibility index (Phi) is 8.33. The number of allylic oxidation sites excluding steroid dienone is 1. The predicted octanol–water partition coefficient (Wildman–Crippen LogP) is 4.96. The van der Waals surface area contributed by atoms with Gasteiger partial charge in [-0.15, -0.1) is 0 Å². The Balaban J connectivity index is 1.17. The molecule has 0 amide bonds. The fourth-order valence-electron chi connectivity index (χ4n) is 6.31. The van der Waals surface area contributed by atoms with Crippen molar-refractivity contribution in [2.75, 3.05) is 62.3 Å². The number of fused-ring (bicyclic) bond motifs is 1. The zero-order chi connectivity index (χ0) is 29.4. The van der Waals surface area contributed by atoms with Crippen molar-refractivity contribution in [1.29, 1.82) is 0 Å². The molecule has 3 aromatic rings. The quantitative estimate of drug-likeness (QED) is 0.402. The third-order valence-electron chi connectivity index (χ3n) is 8.89. The van der Waals surface area contributed by atoms with Crippen LogP contribution in [0.2, 0.25) is 5.02 Å². The second-order valence-corrected chi connectivity index (χ2v) is 14.3. The van der Waals surface area contributed by atoms with Gasteiger partial charge in [-0.2, -0.15) is 0 Å². The van der Waals surface area contributed by atoms with E-state index in [9.17, 15) is 8.42 Å². The molecule has 1 aliphatic carbocycles. The number of hydrogen-bond acceptors (Lipinski definition) is 8. The van der Waals surface area contributed by atoms with Gasteiger partial charge in [0.05, 0.1) is 22.7 Å². The Hall–Kier alpha value is -2.92. The number of hydrogen-bond donors (Lipinski definition) is 1. The van der Waals surface area contributed by atoms with E-state index >= 15 is 0 Å². The van der Waals surface area contributed by atoms with Crippen LogP contribution in [0, 0.1) is 5.92 Å². The second kappa shape index (κ2) is 12.0. The molecule has 0 saturated carbocycles. The van der Waals surface area contributed by atoms with Crippen molar-refractivity contribution in [3.8, 4) is 11.3 Å². The number of aromatic nitrogens is 3. The van der Waals surface area contributed by atoms with E-state index in [4.69, 9.17) is 16.6 Å². The van der Waals surface area contributed by atoms with Crippen molar-refractivity contribution in [3.05, 3.63) is 59.0 Å². The van der Waals surface area contributed by atoms with Gasteiger partial charge < -0.3 is 15.1 Å². The zero-order valence-corrected chi connectivity index (χ0v) is 26.2. The average Bonchev–Trinajstić information content (AvgIpc) is 3.38. The van der Waals surface area contributed by atoms with Crippen LogP contribution in [0.15, 0.2) is 42.7 Å². The van der Waals surface area contributed by atoms with Crippen molar-refractivity contribution in [3.63, 3.8) is 0 Å². The van der Waals surface area contributed by atoms with Crippen LogP contribution in [-0.2, 0) is 16.4 Å². The van der Waals surface area contributed by atoms with Gasteiger partial charge in [0.25, 0.3) is 0 Å². The highest BCUT2D eigenvalue weighted by Gasteiger charge is 2.28. The zero-order valence-electron chi connectivity index (χ0n) is 24.6. The van der Waals surface area contributed by atoms with Crippen LogP contribution < -0.4 is 10.2 Å². The van der Waals surface area contributed by atoms with E-state index in [1.807, 2.05) is 6.08 Å². The summed E-state index contributed by atoms with van der Waals surface area (Å²) in [4.78, 5) is 16.7. The van der Waals surface area contributed by atoms with Crippen LogP contribution in [0.1, 0.15) is 37.9 Å². The van der Waals surface area contributed by atoms with Gasteiger partial charge in [-0.1, -0.05) is 30.7 Å². The highest BCUT2D eigenvalue weighted by molar-refractivity contribution is 7.89. The number of piperazine rings is 1. The van der Waals surface area contributed by atoms with Gasteiger partial charge in [-0.05, 0) is 63.4 Å². The van der Waals surface area contributed by atoms with E-state index in [1.54, 1.807) is 19.3 Å². The molecule has 11 heteroatoms. The first kappa shape index (κ1) is 29.2. The van der Waals surface area contributed by atoms with Crippen LogP contribution in [0.5, 0.6) is 0 Å². The lowest BCUT2D eigenvalue weighted by atomic mass is 9.94. The smallest absolute Gasteiger partial charge is 0.238 e. The average molecular weight is 610 g/mol. The molecule has 0 bridgehead atoms. The first-order valence-electron chi connectivity index (χ1n) is 14.9. The summed E-state index contributed by atoms with van der Waals surface area (Å²) in [7, 11) is -1.26. The van der Waals surface area contributed by atoms with Crippen LogP contribution in [0.4, 0.5) is 17.3 Å². The first-order chi connectivity index (χ1) is 20.2. The fourth-order valence-corrected chi connectivity index (χ4v) is 7.56. The molecule has 9 nitrogen and oxygen atoms in total. The molecule has 2 saturated heterocycles. The van der Waals surface area contributed by atoms with Crippen molar-refractivity contribution < 1.29 is 8.42 Å². The van der Waals surface area contributed by atoms with Gasteiger partial charge in [-0.25, -0.2) is 22.4 Å². The lowest BCUT2D eigenvalue weighted by Gasteiger charge is -2.42. The summed E-state index contributed by atoms with van der Waals surface area (Å²) in [5, 5.41) is 3.68. The second-order valence-electron chi connectivity index (χ2n) is 11.8. The number of anilines is 3. The highest BCUT2D eigenvalue weighted by Crippen LogP contribution is 2.37. The summed E-state index contributed by atoms with van der Waals surface area (Å²) >= 11 is 6.59.